The Morgan fingerprint density at radius 3 is 2.74 bits per heavy atom. The number of nitrogens with one attached hydrogen (secondary N) is 1. The molecule has 0 aliphatic heterocycles. The second kappa shape index (κ2) is 6.68. The number of nitrogens with zero attached hydrogens (tertiary/aromatic N) is 3. The molecule has 1 aliphatic carbocycles. The van der Waals surface area contributed by atoms with Crippen LogP contribution in [-0.2, 0) is 4.74 Å². The number of methoxy groups -OCH3 is 1. The van der Waals surface area contributed by atoms with E-state index in [9.17, 15) is 9.59 Å². The fourth-order valence-corrected chi connectivity index (χ4v) is 3.09. The van der Waals surface area contributed by atoms with Gasteiger partial charge in [0, 0.05) is 30.1 Å². The van der Waals surface area contributed by atoms with E-state index in [0.717, 1.165) is 37.1 Å². The van der Waals surface area contributed by atoms with Gasteiger partial charge < -0.3 is 9.30 Å². The van der Waals surface area contributed by atoms with Crippen LogP contribution in [0.2, 0.25) is 0 Å². The van der Waals surface area contributed by atoms with Crippen molar-refractivity contribution in [2.24, 2.45) is 0 Å². The van der Waals surface area contributed by atoms with Crippen molar-refractivity contribution < 1.29 is 9.53 Å². The van der Waals surface area contributed by atoms with E-state index in [4.69, 9.17) is 0 Å². The standard InChI is InChI=1S/C16H20N4O3/c1-23-16(22)18-20-14(12-5-3-2-4-6-12)9-13(10-15(20)21)19-8-7-17-11-19/h7-12H,2-6H2,1H3,(H,18,22). The maximum Gasteiger partial charge on any atom is 0.426 e. The third-order valence-electron chi connectivity index (χ3n) is 4.26. The van der Waals surface area contributed by atoms with Crippen LogP contribution >= 0.6 is 0 Å². The Hall–Kier alpha value is -2.57. The van der Waals surface area contributed by atoms with E-state index in [-0.39, 0.29) is 11.5 Å². The van der Waals surface area contributed by atoms with Gasteiger partial charge in [-0.2, -0.15) is 0 Å². The second-order valence-electron chi connectivity index (χ2n) is 5.72. The molecule has 2 aromatic heterocycles. The molecule has 1 fully saturated rings. The van der Waals surface area contributed by atoms with E-state index in [1.165, 1.54) is 24.3 Å². The summed E-state index contributed by atoms with van der Waals surface area (Å²) in [6, 6.07) is 3.42. The third-order valence-corrected chi connectivity index (χ3v) is 4.26. The molecule has 0 atom stereocenters. The van der Waals surface area contributed by atoms with E-state index in [2.05, 4.69) is 15.1 Å². The number of pyridine rings is 1. The number of hydrogen-bond acceptors (Lipinski definition) is 4. The fraction of sp³-hybridized carbons (Fsp3) is 0.438. The lowest BCUT2D eigenvalue weighted by molar-refractivity contribution is 0.182. The zero-order valence-corrected chi connectivity index (χ0v) is 13.1. The number of carbonyl (C=O) groups excluding carboxylic acids is 1. The molecule has 7 nitrogen and oxygen atoms in total. The van der Waals surface area contributed by atoms with Crippen molar-refractivity contribution >= 4 is 6.09 Å². The number of aromatic nitrogens is 3. The topological polar surface area (TPSA) is 78.2 Å². The van der Waals surface area contributed by atoms with Gasteiger partial charge in [0.15, 0.2) is 0 Å². The Morgan fingerprint density at radius 2 is 2.09 bits per heavy atom. The van der Waals surface area contributed by atoms with Crippen LogP contribution in [0.3, 0.4) is 0 Å². The highest BCUT2D eigenvalue weighted by atomic mass is 16.5. The Balaban J connectivity index is 2.06. The molecule has 2 aromatic rings. The van der Waals surface area contributed by atoms with Gasteiger partial charge in [0.25, 0.3) is 5.56 Å². The molecule has 3 rings (SSSR count). The van der Waals surface area contributed by atoms with Crippen LogP contribution in [0.15, 0.2) is 35.6 Å². The van der Waals surface area contributed by atoms with Gasteiger partial charge in [-0.05, 0) is 18.9 Å². The van der Waals surface area contributed by atoms with Gasteiger partial charge in [0.1, 0.15) is 0 Å². The monoisotopic (exact) mass is 316 g/mol. The highest BCUT2D eigenvalue weighted by molar-refractivity contribution is 5.75. The molecular weight excluding hydrogens is 296 g/mol. The van der Waals surface area contributed by atoms with Gasteiger partial charge in [-0.25, -0.2) is 19.9 Å². The molecule has 122 valence electrons. The first-order valence-electron chi connectivity index (χ1n) is 7.79. The lowest BCUT2D eigenvalue weighted by Crippen LogP contribution is -2.36. The Kier molecular flexibility index (Phi) is 4.45. The summed E-state index contributed by atoms with van der Waals surface area (Å²) in [4.78, 5) is 28.1. The van der Waals surface area contributed by atoms with Crippen molar-refractivity contribution in [1.82, 2.24) is 14.2 Å². The first-order valence-corrected chi connectivity index (χ1v) is 7.79. The van der Waals surface area contributed by atoms with Gasteiger partial charge in [-0.3, -0.25) is 4.79 Å². The smallest absolute Gasteiger partial charge is 0.426 e. The quantitative estimate of drug-likeness (QED) is 0.943. The molecule has 7 heteroatoms. The number of ether oxygens (including phenoxy) is 1. The maximum atomic E-state index is 12.5. The van der Waals surface area contributed by atoms with E-state index in [1.54, 1.807) is 23.3 Å². The first-order chi connectivity index (χ1) is 11.2. The van der Waals surface area contributed by atoms with Crippen LogP contribution in [0.5, 0.6) is 0 Å². The van der Waals surface area contributed by atoms with E-state index in [1.807, 2.05) is 6.07 Å². The van der Waals surface area contributed by atoms with Crippen molar-refractivity contribution in [2.45, 2.75) is 38.0 Å². The SMILES string of the molecule is COC(=O)Nn1c(C2CCCCC2)cc(-n2ccnc2)cc1=O. The van der Waals surface area contributed by atoms with E-state index in [0.29, 0.717) is 0 Å². The molecule has 0 radical (unpaired) electrons. The summed E-state index contributed by atoms with van der Waals surface area (Å²) in [6.07, 6.45) is 9.95. The van der Waals surface area contributed by atoms with E-state index >= 15 is 0 Å². The van der Waals surface area contributed by atoms with Gasteiger partial charge in [-0.1, -0.05) is 19.3 Å². The molecule has 0 spiro atoms. The first kappa shape index (κ1) is 15.3. The summed E-state index contributed by atoms with van der Waals surface area (Å²) in [6.45, 7) is 0. The predicted octanol–water partition coefficient (Wildman–Crippen LogP) is 2.39. The summed E-state index contributed by atoms with van der Waals surface area (Å²) in [5, 5.41) is 0. The lowest BCUT2D eigenvalue weighted by atomic mass is 9.86. The molecule has 0 unspecified atom stereocenters. The normalized spacial score (nSPS) is 15.3. The molecule has 23 heavy (non-hydrogen) atoms. The van der Waals surface area contributed by atoms with Crippen molar-refractivity contribution in [3.63, 3.8) is 0 Å². The summed E-state index contributed by atoms with van der Waals surface area (Å²) in [5.41, 5.74) is 3.78. The van der Waals surface area contributed by atoms with Gasteiger partial charge >= 0.3 is 6.09 Å². The zero-order valence-electron chi connectivity index (χ0n) is 13.1. The van der Waals surface area contributed by atoms with Crippen LogP contribution in [0.25, 0.3) is 5.69 Å². The molecular formula is C16H20N4O3. The fourth-order valence-electron chi connectivity index (χ4n) is 3.09. The van der Waals surface area contributed by atoms with E-state index < -0.39 is 6.09 Å². The van der Waals surface area contributed by atoms with Crippen molar-refractivity contribution in [2.75, 3.05) is 12.5 Å². The molecule has 0 bridgehead atoms. The summed E-state index contributed by atoms with van der Waals surface area (Å²) in [5.74, 6) is 0.247. The molecule has 2 heterocycles. The Morgan fingerprint density at radius 1 is 1.30 bits per heavy atom. The summed E-state index contributed by atoms with van der Waals surface area (Å²) < 4.78 is 7.72. The average molecular weight is 316 g/mol. The minimum Gasteiger partial charge on any atom is -0.452 e. The highest BCUT2D eigenvalue weighted by Gasteiger charge is 2.21. The third kappa shape index (κ3) is 3.28. The Bertz CT molecular complexity index is 730. The number of amides is 1. The maximum absolute atomic E-state index is 12.5. The van der Waals surface area contributed by atoms with Crippen LogP contribution in [0.4, 0.5) is 4.79 Å². The zero-order chi connectivity index (χ0) is 16.2. The second-order valence-corrected chi connectivity index (χ2v) is 5.72. The Labute approximate surface area is 133 Å². The van der Waals surface area contributed by atoms with Crippen LogP contribution < -0.4 is 11.0 Å². The van der Waals surface area contributed by atoms with Crippen LogP contribution in [0.1, 0.15) is 43.7 Å². The molecule has 1 N–H and O–H groups in total. The molecule has 1 saturated carbocycles. The number of imidazole rings is 1. The molecule has 0 saturated heterocycles. The van der Waals surface area contributed by atoms with Crippen LogP contribution in [0, 0.1) is 0 Å². The molecule has 1 aliphatic rings. The van der Waals surface area contributed by atoms with Gasteiger partial charge in [-0.15, -0.1) is 0 Å². The predicted molar refractivity (Wildman–Crippen MR) is 85.4 cm³/mol. The minimum absolute atomic E-state index is 0.247. The van der Waals surface area contributed by atoms with Crippen molar-refractivity contribution in [1.29, 1.82) is 0 Å². The number of rotatable bonds is 3. The molecule has 0 aromatic carbocycles. The van der Waals surface area contributed by atoms with Crippen molar-refractivity contribution in [3.05, 3.63) is 46.9 Å². The largest absolute Gasteiger partial charge is 0.452 e. The minimum atomic E-state index is -0.653. The number of hydrogen-bond donors (Lipinski definition) is 1. The van der Waals surface area contributed by atoms with Crippen LogP contribution in [-0.4, -0.2) is 27.4 Å². The lowest BCUT2D eigenvalue weighted by Gasteiger charge is -2.25. The van der Waals surface area contributed by atoms with Crippen molar-refractivity contribution in [3.8, 4) is 5.69 Å². The summed E-state index contributed by atoms with van der Waals surface area (Å²) >= 11 is 0. The molecule has 1 amide bonds. The average Bonchev–Trinajstić information content (AvgIpc) is 3.11. The van der Waals surface area contributed by atoms with Gasteiger partial charge in [0.05, 0.1) is 19.1 Å². The highest BCUT2D eigenvalue weighted by Crippen LogP contribution is 2.32. The van der Waals surface area contributed by atoms with Gasteiger partial charge in [0.2, 0.25) is 0 Å². The number of carbonyl (C=O) groups is 1. The summed E-state index contributed by atoms with van der Waals surface area (Å²) in [7, 11) is 1.28.